The van der Waals surface area contributed by atoms with E-state index in [-0.39, 0.29) is 0 Å². The lowest BCUT2D eigenvalue weighted by atomic mass is 10.2. The van der Waals surface area contributed by atoms with Gasteiger partial charge >= 0.3 is 31.1 Å². The van der Waals surface area contributed by atoms with Gasteiger partial charge in [-0.2, -0.15) is 43.2 Å². The third-order valence-corrected chi connectivity index (χ3v) is 5.91. The first kappa shape index (κ1) is 18.5. The Balaban J connectivity index is 3.73. The van der Waals surface area contributed by atoms with Crippen LogP contribution in [0.25, 0.3) is 0 Å². The third-order valence-electron chi connectivity index (χ3n) is 2.27. The summed E-state index contributed by atoms with van der Waals surface area (Å²) in [6, 6.07) is 2.95. The SMILES string of the molecule is Cc1ccc(N(S(=O)(=O)C(F)(F)F)S(=O)(=O)C(F)(F)F)cc1. The predicted octanol–water partition coefficient (Wildman–Crippen LogP) is 2.50. The quantitative estimate of drug-likeness (QED) is 0.766. The van der Waals surface area contributed by atoms with Crippen LogP contribution in [0.2, 0.25) is 0 Å². The molecule has 0 radical (unpaired) electrons. The molecule has 22 heavy (non-hydrogen) atoms. The lowest BCUT2D eigenvalue weighted by Crippen LogP contribution is -2.49. The van der Waals surface area contributed by atoms with Crippen molar-refractivity contribution in [1.82, 2.24) is 0 Å². The zero-order valence-corrected chi connectivity index (χ0v) is 12.1. The van der Waals surface area contributed by atoms with Crippen LogP contribution in [0.1, 0.15) is 5.56 Å². The van der Waals surface area contributed by atoms with Crippen molar-refractivity contribution < 1.29 is 43.2 Å². The van der Waals surface area contributed by atoms with E-state index in [4.69, 9.17) is 0 Å². The summed E-state index contributed by atoms with van der Waals surface area (Å²) >= 11 is 0. The van der Waals surface area contributed by atoms with Crippen molar-refractivity contribution in [3.63, 3.8) is 0 Å². The molecule has 0 spiro atoms. The molecule has 126 valence electrons. The van der Waals surface area contributed by atoms with E-state index in [9.17, 15) is 43.2 Å². The summed E-state index contributed by atoms with van der Waals surface area (Å²) in [5.74, 6) is 0. The highest BCUT2D eigenvalue weighted by atomic mass is 32.3. The molecule has 0 amide bonds. The molecule has 0 bridgehead atoms. The van der Waals surface area contributed by atoms with E-state index < -0.39 is 40.5 Å². The standard InChI is InChI=1S/C9H7F6NO4S2/c1-6-2-4-7(5-3-6)16(21(17,18)8(10,11)12)22(19,20)9(13,14)15/h2-5H,1H3. The number of anilines is 1. The minimum atomic E-state index is -6.82. The van der Waals surface area contributed by atoms with Crippen LogP contribution < -0.4 is 3.71 Å². The Morgan fingerprint density at radius 1 is 0.773 bits per heavy atom. The summed E-state index contributed by atoms with van der Waals surface area (Å²) < 4.78 is 118. The summed E-state index contributed by atoms with van der Waals surface area (Å²) in [6.07, 6.45) is 0. The van der Waals surface area contributed by atoms with Gasteiger partial charge in [0.25, 0.3) is 0 Å². The number of nitrogens with zero attached hydrogens (tertiary/aromatic N) is 1. The van der Waals surface area contributed by atoms with E-state index in [1.165, 1.54) is 6.92 Å². The molecule has 0 heterocycles. The Morgan fingerprint density at radius 3 is 1.36 bits per heavy atom. The van der Waals surface area contributed by atoms with Crippen LogP contribution in [0.4, 0.5) is 32.0 Å². The van der Waals surface area contributed by atoms with E-state index in [1.807, 2.05) is 0 Å². The molecule has 13 heteroatoms. The van der Waals surface area contributed by atoms with Gasteiger partial charge in [-0.3, -0.25) is 0 Å². The number of rotatable bonds is 3. The Kier molecular flexibility index (Phi) is 4.46. The van der Waals surface area contributed by atoms with E-state index in [2.05, 4.69) is 0 Å². The fourth-order valence-corrected chi connectivity index (χ4v) is 3.98. The maximum atomic E-state index is 12.5. The minimum absolute atomic E-state index is 0.359. The highest BCUT2D eigenvalue weighted by molar-refractivity contribution is 8.11. The molecular weight excluding hydrogens is 364 g/mol. The van der Waals surface area contributed by atoms with Gasteiger partial charge in [0.2, 0.25) is 0 Å². The fraction of sp³-hybridized carbons (Fsp3) is 0.333. The van der Waals surface area contributed by atoms with Gasteiger partial charge in [-0.25, -0.2) is 0 Å². The molecule has 0 saturated carbocycles. The van der Waals surface area contributed by atoms with Gasteiger partial charge in [0.1, 0.15) is 0 Å². The second-order valence-corrected chi connectivity index (χ2v) is 7.72. The molecule has 1 rings (SSSR count). The number of sulfonamides is 2. The summed E-state index contributed by atoms with van der Waals surface area (Å²) in [5.41, 5.74) is -13.4. The average molecular weight is 371 g/mol. The second kappa shape index (κ2) is 5.30. The topological polar surface area (TPSA) is 71.5 Å². The van der Waals surface area contributed by atoms with E-state index in [1.54, 1.807) is 0 Å². The Bertz CT molecular complexity index is 705. The minimum Gasteiger partial charge on any atom is -0.196 e. The molecule has 0 saturated heterocycles. The maximum Gasteiger partial charge on any atom is 0.517 e. The Hall–Kier alpha value is -1.50. The number of hydrogen-bond acceptors (Lipinski definition) is 4. The molecule has 0 unspecified atom stereocenters. The van der Waals surface area contributed by atoms with Crippen molar-refractivity contribution >= 4 is 25.7 Å². The molecule has 0 fully saturated rings. The van der Waals surface area contributed by atoms with Crippen LogP contribution in [0.3, 0.4) is 0 Å². The van der Waals surface area contributed by atoms with Gasteiger partial charge in [-0.15, -0.1) is 3.71 Å². The summed E-state index contributed by atoms with van der Waals surface area (Å²) in [6.45, 7) is 1.41. The summed E-state index contributed by atoms with van der Waals surface area (Å²) in [4.78, 5) is 0. The average Bonchev–Trinajstić information content (AvgIpc) is 2.28. The van der Waals surface area contributed by atoms with Crippen molar-refractivity contribution in [2.75, 3.05) is 3.71 Å². The molecule has 0 atom stereocenters. The summed E-state index contributed by atoms with van der Waals surface area (Å²) in [5, 5.41) is 0. The van der Waals surface area contributed by atoms with Gasteiger partial charge in [0, 0.05) is 0 Å². The van der Waals surface area contributed by atoms with Crippen molar-refractivity contribution in [1.29, 1.82) is 0 Å². The normalized spacial score (nSPS) is 14.0. The lowest BCUT2D eigenvalue weighted by Gasteiger charge is -2.25. The molecule has 1 aromatic carbocycles. The molecule has 5 nitrogen and oxygen atoms in total. The predicted molar refractivity (Wildman–Crippen MR) is 63.6 cm³/mol. The number of benzene rings is 1. The van der Waals surface area contributed by atoms with Crippen molar-refractivity contribution in [2.45, 2.75) is 17.9 Å². The zero-order chi connectivity index (χ0) is 17.6. The highest BCUT2D eigenvalue weighted by Gasteiger charge is 2.61. The lowest BCUT2D eigenvalue weighted by molar-refractivity contribution is -0.0462. The maximum absolute atomic E-state index is 12.5. The van der Waals surface area contributed by atoms with E-state index in [0.717, 1.165) is 12.1 Å². The van der Waals surface area contributed by atoms with Crippen LogP contribution in [0.5, 0.6) is 0 Å². The first-order chi connectivity index (χ1) is 9.62. The third kappa shape index (κ3) is 3.14. The van der Waals surface area contributed by atoms with Crippen LogP contribution in [-0.2, 0) is 20.0 Å². The molecule has 0 aromatic heterocycles. The Morgan fingerprint density at radius 2 is 1.09 bits per heavy atom. The largest absolute Gasteiger partial charge is 0.517 e. The first-order valence-electron chi connectivity index (χ1n) is 5.12. The number of alkyl halides is 6. The molecular formula is C9H7F6NO4S2. The van der Waals surface area contributed by atoms with E-state index in [0.29, 0.717) is 17.7 Å². The van der Waals surface area contributed by atoms with Gasteiger partial charge in [-0.1, -0.05) is 17.7 Å². The van der Waals surface area contributed by atoms with Crippen LogP contribution in [-0.4, -0.2) is 27.9 Å². The van der Waals surface area contributed by atoms with Gasteiger partial charge in [-0.05, 0) is 19.1 Å². The second-order valence-electron chi connectivity index (χ2n) is 3.93. The highest BCUT2D eigenvalue weighted by Crippen LogP contribution is 2.38. The van der Waals surface area contributed by atoms with Gasteiger partial charge < -0.3 is 0 Å². The first-order valence-corrected chi connectivity index (χ1v) is 8.00. The smallest absolute Gasteiger partial charge is 0.196 e. The van der Waals surface area contributed by atoms with Crippen molar-refractivity contribution in [3.8, 4) is 0 Å². The van der Waals surface area contributed by atoms with Crippen molar-refractivity contribution in [2.24, 2.45) is 0 Å². The number of halogens is 6. The number of hydrogen-bond donors (Lipinski definition) is 0. The molecule has 0 N–H and O–H groups in total. The van der Waals surface area contributed by atoms with Gasteiger partial charge in [0.05, 0.1) is 5.69 Å². The van der Waals surface area contributed by atoms with Crippen molar-refractivity contribution in [3.05, 3.63) is 29.8 Å². The summed E-state index contributed by atoms with van der Waals surface area (Å²) in [7, 11) is -13.6. The Labute approximate surface area is 121 Å². The molecule has 0 aliphatic heterocycles. The number of aryl methyl sites for hydroxylation is 1. The molecule has 0 aliphatic carbocycles. The van der Waals surface area contributed by atoms with Gasteiger partial charge in [0.15, 0.2) is 0 Å². The van der Waals surface area contributed by atoms with Crippen LogP contribution in [0.15, 0.2) is 24.3 Å². The molecule has 1 aromatic rings. The molecule has 0 aliphatic rings. The fourth-order valence-electron chi connectivity index (χ4n) is 1.26. The monoisotopic (exact) mass is 371 g/mol. The zero-order valence-electron chi connectivity index (χ0n) is 10.5. The van der Waals surface area contributed by atoms with E-state index >= 15 is 0 Å². The van der Waals surface area contributed by atoms with Crippen LogP contribution in [0, 0.1) is 6.92 Å². The van der Waals surface area contributed by atoms with Crippen LogP contribution >= 0.6 is 0 Å².